The second-order valence-electron chi connectivity index (χ2n) is 4.79. The molecule has 0 atom stereocenters. The number of carbonyl (C=O) groups excluding carboxylic acids is 1. The molecule has 0 bridgehead atoms. The van der Waals surface area contributed by atoms with Crippen molar-refractivity contribution < 1.29 is 22.4 Å². The molecule has 0 rings (SSSR count). The first-order valence-corrected chi connectivity index (χ1v) is 5.55. The SMILES string of the molecule is CC(C)C(CNC(=O)C(F)(F)C(F)F)C(C)C. The minimum absolute atomic E-state index is 0.0174. The molecule has 1 N–H and O–H groups in total. The first-order valence-electron chi connectivity index (χ1n) is 5.55. The molecule has 0 aliphatic rings. The van der Waals surface area contributed by atoms with Crippen LogP contribution in [-0.4, -0.2) is 24.8 Å². The van der Waals surface area contributed by atoms with Crippen molar-refractivity contribution in [3.05, 3.63) is 0 Å². The Morgan fingerprint density at radius 3 is 1.82 bits per heavy atom. The van der Waals surface area contributed by atoms with E-state index in [1.54, 1.807) is 0 Å². The molecule has 0 aromatic heterocycles. The van der Waals surface area contributed by atoms with Gasteiger partial charge in [-0.1, -0.05) is 27.7 Å². The van der Waals surface area contributed by atoms with Gasteiger partial charge in [-0.3, -0.25) is 4.79 Å². The van der Waals surface area contributed by atoms with Crippen LogP contribution in [0.3, 0.4) is 0 Å². The van der Waals surface area contributed by atoms with Crippen molar-refractivity contribution in [2.24, 2.45) is 17.8 Å². The van der Waals surface area contributed by atoms with Gasteiger partial charge in [-0.2, -0.15) is 8.78 Å². The smallest absolute Gasteiger partial charge is 0.350 e. The highest BCUT2D eigenvalue weighted by molar-refractivity contribution is 5.83. The van der Waals surface area contributed by atoms with Gasteiger partial charge in [0.05, 0.1) is 0 Å². The lowest BCUT2D eigenvalue weighted by Gasteiger charge is -2.26. The maximum absolute atomic E-state index is 12.6. The molecule has 6 heteroatoms. The number of hydrogen-bond acceptors (Lipinski definition) is 1. The number of alkyl halides is 4. The van der Waals surface area contributed by atoms with E-state index in [0.29, 0.717) is 0 Å². The largest absolute Gasteiger partial charge is 0.383 e. The van der Waals surface area contributed by atoms with Crippen LogP contribution >= 0.6 is 0 Å². The van der Waals surface area contributed by atoms with Crippen molar-refractivity contribution in [3.63, 3.8) is 0 Å². The van der Waals surface area contributed by atoms with Crippen LogP contribution in [0.25, 0.3) is 0 Å². The van der Waals surface area contributed by atoms with Gasteiger partial charge in [-0.25, -0.2) is 8.78 Å². The Morgan fingerprint density at radius 2 is 1.53 bits per heavy atom. The Hall–Kier alpha value is -0.810. The molecule has 0 aromatic rings. The van der Waals surface area contributed by atoms with Crippen LogP contribution in [0.2, 0.25) is 0 Å². The van der Waals surface area contributed by atoms with Crippen molar-refractivity contribution in [1.29, 1.82) is 0 Å². The lowest BCUT2D eigenvalue weighted by atomic mass is 9.85. The van der Waals surface area contributed by atoms with Crippen molar-refractivity contribution in [3.8, 4) is 0 Å². The predicted octanol–water partition coefficient (Wildman–Crippen LogP) is 2.93. The number of nitrogens with one attached hydrogen (secondary N) is 1. The van der Waals surface area contributed by atoms with Gasteiger partial charge in [0.15, 0.2) is 0 Å². The van der Waals surface area contributed by atoms with Crippen molar-refractivity contribution in [2.45, 2.75) is 40.0 Å². The van der Waals surface area contributed by atoms with E-state index >= 15 is 0 Å². The van der Waals surface area contributed by atoms with Crippen LogP contribution in [0.15, 0.2) is 0 Å². The Bertz CT molecular complexity index is 246. The van der Waals surface area contributed by atoms with Gasteiger partial charge in [0.2, 0.25) is 0 Å². The van der Waals surface area contributed by atoms with Crippen molar-refractivity contribution in [2.75, 3.05) is 6.54 Å². The lowest BCUT2D eigenvalue weighted by molar-refractivity contribution is -0.169. The Morgan fingerprint density at radius 1 is 1.12 bits per heavy atom. The molecule has 0 fully saturated rings. The van der Waals surface area contributed by atoms with Crippen LogP contribution in [0.1, 0.15) is 27.7 Å². The van der Waals surface area contributed by atoms with Crippen LogP contribution < -0.4 is 5.32 Å². The van der Waals surface area contributed by atoms with E-state index in [1.807, 2.05) is 33.0 Å². The number of carbonyl (C=O) groups is 1. The van der Waals surface area contributed by atoms with E-state index in [-0.39, 0.29) is 24.3 Å². The highest BCUT2D eigenvalue weighted by atomic mass is 19.3. The topological polar surface area (TPSA) is 29.1 Å². The van der Waals surface area contributed by atoms with Gasteiger partial charge in [-0.15, -0.1) is 0 Å². The quantitative estimate of drug-likeness (QED) is 0.728. The summed E-state index contributed by atoms with van der Waals surface area (Å²) in [5.41, 5.74) is 0. The van der Waals surface area contributed by atoms with E-state index in [9.17, 15) is 22.4 Å². The van der Waals surface area contributed by atoms with Crippen molar-refractivity contribution >= 4 is 5.91 Å². The van der Waals surface area contributed by atoms with Crippen LogP contribution in [0, 0.1) is 17.8 Å². The van der Waals surface area contributed by atoms with E-state index < -0.39 is 18.3 Å². The van der Waals surface area contributed by atoms with Crippen LogP contribution in [0.4, 0.5) is 17.6 Å². The number of hydrogen-bond donors (Lipinski definition) is 1. The Labute approximate surface area is 98.8 Å². The Kier molecular flexibility index (Phi) is 5.92. The first kappa shape index (κ1) is 16.2. The molecular formula is C11H19F4NO. The minimum Gasteiger partial charge on any atom is -0.350 e. The molecule has 0 unspecified atom stereocenters. The number of rotatable bonds is 6. The third-order valence-corrected chi connectivity index (χ3v) is 2.79. The monoisotopic (exact) mass is 257 g/mol. The highest BCUT2D eigenvalue weighted by Gasteiger charge is 2.48. The average Bonchev–Trinajstić information content (AvgIpc) is 2.15. The normalized spacial score (nSPS) is 12.9. The molecule has 0 heterocycles. The van der Waals surface area contributed by atoms with E-state index in [0.717, 1.165) is 0 Å². The van der Waals surface area contributed by atoms with Gasteiger partial charge in [-0.05, 0) is 17.8 Å². The maximum Gasteiger partial charge on any atom is 0.383 e. The summed E-state index contributed by atoms with van der Waals surface area (Å²) in [6, 6.07) is 0. The average molecular weight is 257 g/mol. The molecule has 0 spiro atoms. The summed E-state index contributed by atoms with van der Waals surface area (Å²) in [5, 5.41) is 1.90. The molecule has 102 valence electrons. The number of amides is 1. The number of halogens is 4. The molecule has 0 aliphatic carbocycles. The Balaban J connectivity index is 4.42. The molecule has 17 heavy (non-hydrogen) atoms. The van der Waals surface area contributed by atoms with Gasteiger partial charge < -0.3 is 5.32 Å². The standard InChI is InChI=1S/C11H19F4NO/c1-6(2)8(7(3)4)5-16-10(17)11(14,15)9(12)13/h6-9H,5H2,1-4H3,(H,16,17). The fraction of sp³-hybridized carbons (Fsp3) is 0.909. The summed E-state index contributed by atoms with van der Waals surface area (Å²) in [4.78, 5) is 10.9. The molecule has 0 radical (unpaired) electrons. The summed E-state index contributed by atoms with van der Waals surface area (Å²) in [7, 11) is 0. The fourth-order valence-electron chi connectivity index (χ4n) is 1.67. The molecule has 2 nitrogen and oxygen atoms in total. The zero-order valence-electron chi connectivity index (χ0n) is 10.4. The fourth-order valence-corrected chi connectivity index (χ4v) is 1.67. The third kappa shape index (κ3) is 4.52. The maximum atomic E-state index is 12.6. The summed E-state index contributed by atoms with van der Waals surface area (Å²) in [6.07, 6.45) is -3.97. The highest BCUT2D eigenvalue weighted by Crippen LogP contribution is 2.24. The second kappa shape index (κ2) is 6.21. The second-order valence-corrected chi connectivity index (χ2v) is 4.79. The summed E-state index contributed by atoms with van der Waals surface area (Å²) < 4.78 is 49.0. The summed E-state index contributed by atoms with van der Waals surface area (Å²) in [6.45, 7) is 7.55. The first-order chi connectivity index (χ1) is 7.60. The zero-order valence-corrected chi connectivity index (χ0v) is 10.4. The molecule has 0 aliphatic heterocycles. The molecule has 0 saturated carbocycles. The molecule has 1 amide bonds. The van der Waals surface area contributed by atoms with Gasteiger partial charge in [0.25, 0.3) is 5.91 Å². The van der Waals surface area contributed by atoms with Gasteiger partial charge in [0.1, 0.15) is 0 Å². The van der Waals surface area contributed by atoms with Crippen molar-refractivity contribution in [1.82, 2.24) is 5.32 Å². The van der Waals surface area contributed by atoms with Crippen LogP contribution in [0.5, 0.6) is 0 Å². The summed E-state index contributed by atoms with van der Waals surface area (Å²) in [5.74, 6) is -6.18. The van der Waals surface area contributed by atoms with E-state index in [1.165, 1.54) is 0 Å². The molecule has 0 saturated heterocycles. The minimum atomic E-state index is -4.61. The van der Waals surface area contributed by atoms with E-state index in [2.05, 4.69) is 0 Å². The van der Waals surface area contributed by atoms with Gasteiger partial charge >= 0.3 is 12.3 Å². The summed E-state index contributed by atoms with van der Waals surface area (Å²) >= 11 is 0. The third-order valence-electron chi connectivity index (χ3n) is 2.79. The van der Waals surface area contributed by atoms with Crippen LogP contribution in [-0.2, 0) is 4.79 Å². The predicted molar refractivity (Wildman–Crippen MR) is 57.1 cm³/mol. The zero-order chi connectivity index (χ0) is 13.8. The van der Waals surface area contributed by atoms with Gasteiger partial charge in [0, 0.05) is 6.54 Å². The molecule has 0 aromatic carbocycles. The van der Waals surface area contributed by atoms with E-state index in [4.69, 9.17) is 0 Å². The lowest BCUT2D eigenvalue weighted by Crippen LogP contribution is -2.47. The molecular weight excluding hydrogens is 238 g/mol.